The van der Waals surface area contributed by atoms with Crippen molar-refractivity contribution in [3.8, 4) is 0 Å². The predicted molar refractivity (Wildman–Crippen MR) is 117 cm³/mol. The molecule has 0 aromatic rings. The monoisotopic (exact) mass is 420 g/mol. The molecule has 0 spiro atoms. The second-order valence-corrected chi connectivity index (χ2v) is 20.0. The van der Waals surface area contributed by atoms with E-state index < -0.39 is 16.6 Å². The van der Waals surface area contributed by atoms with E-state index >= 15 is 0 Å². The Balaban J connectivity index is 5.18. The largest absolute Gasteiger partial charge is 0.469 e. The lowest BCUT2D eigenvalue weighted by Gasteiger charge is -2.40. The molecule has 0 amide bonds. The van der Waals surface area contributed by atoms with Gasteiger partial charge in [0.15, 0.2) is 16.6 Å². The van der Waals surface area contributed by atoms with Gasteiger partial charge in [-0.05, 0) is 36.3 Å². The van der Waals surface area contributed by atoms with Crippen LogP contribution in [0, 0.1) is 0 Å². The molecule has 0 N–H and O–H groups in total. The van der Waals surface area contributed by atoms with Crippen LogP contribution in [-0.4, -0.2) is 55.6 Å². The minimum absolute atomic E-state index is 0.0710. The van der Waals surface area contributed by atoms with Crippen molar-refractivity contribution in [2.24, 2.45) is 0 Å². The van der Waals surface area contributed by atoms with Crippen LogP contribution in [0.4, 0.5) is 0 Å². The van der Waals surface area contributed by atoms with Crippen molar-refractivity contribution >= 4 is 22.6 Å². The minimum Gasteiger partial charge on any atom is -0.469 e. The number of carbonyl (C=O) groups excluding carboxylic acids is 1. The van der Waals surface area contributed by atoms with Gasteiger partial charge < -0.3 is 18.3 Å². The summed E-state index contributed by atoms with van der Waals surface area (Å²) in [6.07, 6.45) is 0.514. The molecule has 5 nitrogen and oxygen atoms in total. The highest BCUT2D eigenvalue weighted by atomic mass is 28.4. The molecule has 0 aliphatic carbocycles. The third-order valence-corrected chi connectivity index (χ3v) is 15.2. The second-order valence-electron chi connectivity index (χ2n) is 10.4. The van der Waals surface area contributed by atoms with E-state index in [0.29, 0.717) is 13.0 Å². The van der Waals surface area contributed by atoms with Gasteiger partial charge in [-0.2, -0.15) is 0 Å². The van der Waals surface area contributed by atoms with Crippen molar-refractivity contribution in [2.75, 3.05) is 20.8 Å². The van der Waals surface area contributed by atoms with E-state index in [0.717, 1.165) is 0 Å². The van der Waals surface area contributed by atoms with Crippen LogP contribution >= 0.6 is 0 Å². The highest BCUT2D eigenvalue weighted by Gasteiger charge is 2.41. The Morgan fingerprint density at radius 1 is 0.852 bits per heavy atom. The molecule has 0 radical (unpaired) electrons. The van der Waals surface area contributed by atoms with Crippen LogP contribution in [0.2, 0.25) is 36.3 Å². The molecule has 0 aromatic carbocycles. The first kappa shape index (κ1) is 26.8. The van der Waals surface area contributed by atoms with E-state index in [2.05, 4.69) is 67.7 Å². The Labute approximate surface area is 169 Å². The first-order valence-electron chi connectivity index (χ1n) is 9.88. The molecule has 0 aliphatic heterocycles. The van der Waals surface area contributed by atoms with E-state index in [9.17, 15) is 4.79 Å². The van der Waals surface area contributed by atoms with E-state index in [-0.39, 0.29) is 34.7 Å². The summed E-state index contributed by atoms with van der Waals surface area (Å²) in [5.41, 5.74) is 0. The van der Waals surface area contributed by atoms with Crippen molar-refractivity contribution in [1.82, 2.24) is 0 Å². The quantitative estimate of drug-likeness (QED) is 0.351. The lowest BCUT2D eigenvalue weighted by atomic mass is 10.1. The summed E-state index contributed by atoms with van der Waals surface area (Å²) in [5.74, 6) is -0.251. The third-order valence-electron chi connectivity index (χ3n) is 6.18. The van der Waals surface area contributed by atoms with Gasteiger partial charge in [0.1, 0.15) is 0 Å². The smallest absolute Gasteiger partial charge is 0.308 e. The fraction of sp³-hybridized carbons (Fsp3) is 0.950. The van der Waals surface area contributed by atoms with Crippen LogP contribution in [0.5, 0.6) is 0 Å². The van der Waals surface area contributed by atoms with Crippen LogP contribution in [0.15, 0.2) is 0 Å². The summed E-state index contributed by atoms with van der Waals surface area (Å²) < 4.78 is 23.4. The van der Waals surface area contributed by atoms with Crippen molar-refractivity contribution < 1.29 is 23.1 Å². The molecule has 0 aliphatic rings. The summed E-state index contributed by atoms with van der Waals surface area (Å²) in [6.45, 7) is 22.6. The van der Waals surface area contributed by atoms with Gasteiger partial charge in [0, 0.05) is 13.5 Å². The van der Waals surface area contributed by atoms with Gasteiger partial charge in [-0.1, -0.05) is 41.5 Å². The molecule has 0 aromatic heterocycles. The summed E-state index contributed by atoms with van der Waals surface area (Å²) in [6, 6.07) is 0. The standard InChI is InChI=1S/C20H44O5Si2/c1-19(2,3)26(9,10)24-15-17(22-7)13-16(14-18(21)23-8)25-27(11,12)20(4,5)6/h16-17H,13-15H2,1-12H3/t16-,17+/m0/s1. The average Bonchev–Trinajstić information content (AvgIpc) is 2.48. The summed E-state index contributed by atoms with van der Waals surface area (Å²) in [5, 5.41) is 0.218. The van der Waals surface area contributed by atoms with Crippen LogP contribution in [0.1, 0.15) is 54.4 Å². The number of hydrogen-bond donors (Lipinski definition) is 0. The number of carbonyl (C=O) groups is 1. The van der Waals surface area contributed by atoms with Gasteiger partial charge in [-0.3, -0.25) is 4.79 Å². The van der Waals surface area contributed by atoms with E-state index in [1.165, 1.54) is 7.11 Å². The van der Waals surface area contributed by atoms with E-state index in [4.69, 9.17) is 18.3 Å². The van der Waals surface area contributed by atoms with Gasteiger partial charge in [0.05, 0.1) is 32.3 Å². The Kier molecular flexibility index (Phi) is 9.93. The fourth-order valence-electron chi connectivity index (χ4n) is 2.08. The van der Waals surface area contributed by atoms with Crippen molar-refractivity contribution in [3.63, 3.8) is 0 Å². The van der Waals surface area contributed by atoms with Gasteiger partial charge >= 0.3 is 5.97 Å². The molecular weight excluding hydrogens is 376 g/mol. The molecule has 0 fully saturated rings. The van der Waals surface area contributed by atoms with E-state index in [1.54, 1.807) is 7.11 Å². The van der Waals surface area contributed by atoms with Crippen molar-refractivity contribution in [3.05, 3.63) is 0 Å². The maximum Gasteiger partial charge on any atom is 0.308 e. The lowest BCUT2D eigenvalue weighted by Crippen LogP contribution is -2.46. The molecule has 0 heterocycles. The van der Waals surface area contributed by atoms with Crippen LogP contribution in [-0.2, 0) is 23.1 Å². The maximum absolute atomic E-state index is 11.9. The molecule has 0 unspecified atom stereocenters. The topological polar surface area (TPSA) is 54.0 Å². The predicted octanol–water partition coefficient (Wildman–Crippen LogP) is 5.37. The molecule has 27 heavy (non-hydrogen) atoms. The van der Waals surface area contributed by atoms with Crippen molar-refractivity contribution in [1.29, 1.82) is 0 Å². The fourth-order valence-corrected chi connectivity index (χ4v) is 4.48. The lowest BCUT2D eigenvalue weighted by molar-refractivity contribution is -0.143. The van der Waals surface area contributed by atoms with Crippen LogP contribution in [0.25, 0.3) is 0 Å². The van der Waals surface area contributed by atoms with Crippen LogP contribution in [0.3, 0.4) is 0 Å². The first-order valence-corrected chi connectivity index (χ1v) is 15.7. The van der Waals surface area contributed by atoms with Gasteiger partial charge in [-0.15, -0.1) is 0 Å². The molecule has 162 valence electrons. The molecule has 2 atom stereocenters. The zero-order valence-corrected chi connectivity index (χ0v) is 21.8. The first-order chi connectivity index (χ1) is 12.0. The number of hydrogen-bond acceptors (Lipinski definition) is 5. The Hall–Kier alpha value is -0.216. The molecule has 0 bridgehead atoms. The summed E-state index contributed by atoms with van der Waals surface area (Å²) in [7, 11) is -0.754. The Morgan fingerprint density at radius 3 is 1.70 bits per heavy atom. The minimum atomic E-state index is -2.01. The van der Waals surface area contributed by atoms with Crippen molar-refractivity contribution in [2.45, 2.75) is 103 Å². The van der Waals surface area contributed by atoms with E-state index in [1.807, 2.05) is 0 Å². The Bertz CT molecular complexity index is 464. The molecule has 0 saturated carbocycles. The molecule has 0 saturated heterocycles. The molecule has 0 rings (SSSR count). The third kappa shape index (κ3) is 8.77. The normalized spacial score (nSPS) is 16.1. The second kappa shape index (κ2) is 10.0. The Morgan fingerprint density at radius 2 is 1.33 bits per heavy atom. The highest BCUT2D eigenvalue weighted by Crippen LogP contribution is 2.39. The van der Waals surface area contributed by atoms with Gasteiger partial charge in [0.25, 0.3) is 0 Å². The molecular formula is C20H44O5Si2. The zero-order chi connectivity index (χ0) is 21.7. The van der Waals surface area contributed by atoms with Gasteiger partial charge in [-0.25, -0.2) is 0 Å². The number of methoxy groups -OCH3 is 2. The van der Waals surface area contributed by atoms with Gasteiger partial charge in [0.2, 0.25) is 0 Å². The number of rotatable bonds is 10. The zero-order valence-electron chi connectivity index (χ0n) is 19.8. The number of ether oxygens (including phenoxy) is 2. The van der Waals surface area contributed by atoms with Crippen LogP contribution < -0.4 is 0 Å². The summed E-state index contributed by atoms with van der Waals surface area (Å²) in [4.78, 5) is 11.9. The highest BCUT2D eigenvalue weighted by molar-refractivity contribution is 6.74. The SMILES string of the molecule is COC(=O)C[C@H](C[C@H](CO[Si](C)(C)C(C)(C)C)OC)O[Si](C)(C)C(C)(C)C. The number of esters is 1. The molecule has 7 heteroatoms. The maximum atomic E-state index is 11.9. The summed E-state index contributed by atoms with van der Waals surface area (Å²) >= 11 is 0. The average molecular weight is 421 g/mol.